The highest BCUT2D eigenvalue weighted by Gasteiger charge is 2.15. The predicted octanol–water partition coefficient (Wildman–Crippen LogP) is 2.29. The Bertz CT molecular complexity index is 781. The van der Waals surface area contributed by atoms with E-state index >= 15 is 0 Å². The van der Waals surface area contributed by atoms with Crippen LogP contribution in [-0.4, -0.2) is 22.8 Å². The van der Waals surface area contributed by atoms with Crippen molar-refractivity contribution in [3.63, 3.8) is 0 Å². The van der Waals surface area contributed by atoms with Crippen LogP contribution < -0.4 is 15.4 Å². The van der Waals surface area contributed by atoms with E-state index < -0.39 is 23.4 Å². The van der Waals surface area contributed by atoms with Gasteiger partial charge in [0.25, 0.3) is 0 Å². The molecular weight excluding hydrogens is 332 g/mol. The third-order valence-corrected chi connectivity index (χ3v) is 3.02. The lowest BCUT2D eigenvalue weighted by Gasteiger charge is -2.12. The van der Waals surface area contributed by atoms with Crippen LogP contribution in [0.15, 0.2) is 36.5 Å². The Morgan fingerprint density at radius 1 is 1.16 bits per heavy atom. The van der Waals surface area contributed by atoms with Crippen molar-refractivity contribution in [3.05, 3.63) is 53.7 Å². The molecule has 132 valence electrons. The Labute approximate surface area is 143 Å². The van der Waals surface area contributed by atoms with Crippen LogP contribution >= 0.6 is 0 Å². The summed E-state index contributed by atoms with van der Waals surface area (Å²) in [4.78, 5) is 27.3. The molecule has 2 amide bonds. The summed E-state index contributed by atoms with van der Waals surface area (Å²) in [6.45, 7) is 3.46. The first kappa shape index (κ1) is 18.3. The summed E-state index contributed by atoms with van der Waals surface area (Å²) in [5.41, 5.74) is 0.470. The topological polar surface area (TPSA) is 80.3 Å². The molecule has 0 unspecified atom stereocenters. The number of benzene rings is 1. The SMILES string of the molecule is CC(C)NC(=O)C(=O)NCc1cccnc1Oc1ccc(F)c(F)c1. The summed E-state index contributed by atoms with van der Waals surface area (Å²) in [6.07, 6.45) is 1.45. The molecule has 1 aromatic carbocycles. The van der Waals surface area contributed by atoms with Crippen LogP contribution in [0.1, 0.15) is 19.4 Å². The maximum atomic E-state index is 13.3. The fourth-order valence-electron chi connectivity index (χ4n) is 1.89. The van der Waals surface area contributed by atoms with Gasteiger partial charge in [-0.3, -0.25) is 9.59 Å². The number of nitrogens with zero attached hydrogens (tertiary/aromatic N) is 1. The smallest absolute Gasteiger partial charge is 0.309 e. The first-order valence-corrected chi connectivity index (χ1v) is 7.52. The molecule has 0 spiro atoms. The lowest BCUT2D eigenvalue weighted by Crippen LogP contribution is -2.42. The summed E-state index contributed by atoms with van der Waals surface area (Å²) >= 11 is 0. The Morgan fingerprint density at radius 2 is 1.92 bits per heavy atom. The largest absolute Gasteiger partial charge is 0.439 e. The minimum Gasteiger partial charge on any atom is -0.439 e. The van der Waals surface area contributed by atoms with Gasteiger partial charge in [-0.15, -0.1) is 0 Å². The van der Waals surface area contributed by atoms with Crippen molar-refractivity contribution in [2.75, 3.05) is 0 Å². The van der Waals surface area contributed by atoms with Gasteiger partial charge in [0, 0.05) is 30.4 Å². The number of halogens is 2. The van der Waals surface area contributed by atoms with Gasteiger partial charge in [-0.05, 0) is 32.0 Å². The summed E-state index contributed by atoms with van der Waals surface area (Å²) < 4.78 is 31.6. The highest BCUT2D eigenvalue weighted by atomic mass is 19.2. The van der Waals surface area contributed by atoms with Crippen molar-refractivity contribution in [1.29, 1.82) is 0 Å². The van der Waals surface area contributed by atoms with Crippen LogP contribution in [0.3, 0.4) is 0 Å². The normalized spacial score (nSPS) is 10.4. The standard InChI is InChI=1S/C17H17F2N3O3/c1-10(2)22-16(24)15(23)21-9-11-4-3-7-20-17(11)25-12-5-6-13(18)14(19)8-12/h3-8,10H,9H2,1-2H3,(H,21,23)(H,22,24). The van der Waals surface area contributed by atoms with E-state index in [1.807, 2.05) is 0 Å². The number of hydrogen-bond donors (Lipinski definition) is 2. The average molecular weight is 349 g/mol. The number of ether oxygens (including phenoxy) is 1. The van der Waals surface area contributed by atoms with Gasteiger partial charge in [-0.2, -0.15) is 0 Å². The predicted molar refractivity (Wildman–Crippen MR) is 85.8 cm³/mol. The number of nitrogens with one attached hydrogen (secondary N) is 2. The first-order chi connectivity index (χ1) is 11.9. The van der Waals surface area contributed by atoms with Gasteiger partial charge >= 0.3 is 11.8 Å². The Morgan fingerprint density at radius 3 is 2.60 bits per heavy atom. The molecule has 0 atom stereocenters. The molecule has 0 aliphatic heterocycles. The zero-order valence-corrected chi connectivity index (χ0v) is 13.7. The molecule has 8 heteroatoms. The molecule has 0 radical (unpaired) electrons. The van der Waals surface area contributed by atoms with Gasteiger partial charge in [0.05, 0.1) is 0 Å². The number of aromatic nitrogens is 1. The van der Waals surface area contributed by atoms with Crippen molar-refractivity contribution < 1.29 is 23.1 Å². The number of carbonyl (C=O) groups excluding carboxylic acids is 2. The van der Waals surface area contributed by atoms with Crippen LogP contribution in [0.25, 0.3) is 0 Å². The third-order valence-electron chi connectivity index (χ3n) is 3.02. The second-order valence-corrected chi connectivity index (χ2v) is 5.46. The van der Waals surface area contributed by atoms with Crippen molar-refractivity contribution in [3.8, 4) is 11.6 Å². The molecule has 6 nitrogen and oxygen atoms in total. The van der Waals surface area contributed by atoms with Crippen LogP contribution in [0.4, 0.5) is 8.78 Å². The highest BCUT2D eigenvalue weighted by Crippen LogP contribution is 2.24. The molecule has 0 saturated heterocycles. The van der Waals surface area contributed by atoms with Crippen molar-refractivity contribution in [2.24, 2.45) is 0 Å². The zero-order chi connectivity index (χ0) is 18.4. The average Bonchev–Trinajstić information content (AvgIpc) is 2.56. The van der Waals surface area contributed by atoms with Gasteiger partial charge in [0.1, 0.15) is 5.75 Å². The second kappa shape index (κ2) is 8.18. The number of amides is 2. The zero-order valence-electron chi connectivity index (χ0n) is 13.7. The monoisotopic (exact) mass is 349 g/mol. The van der Waals surface area contributed by atoms with Crippen LogP contribution in [0.5, 0.6) is 11.6 Å². The minimum atomic E-state index is -1.05. The van der Waals surface area contributed by atoms with Gasteiger partial charge in [-0.25, -0.2) is 13.8 Å². The fourth-order valence-corrected chi connectivity index (χ4v) is 1.89. The summed E-state index contributed by atoms with van der Waals surface area (Å²) in [5, 5.41) is 4.92. The van der Waals surface area contributed by atoms with E-state index in [0.29, 0.717) is 5.56 Å². The van der Waals surface area contributed by atoms with E-state index in [1.165, 1.54) is 12.3 Å². The lowest BCUT2D eigenvalue weighted by atomic mass is 10.2. The van der Waals surface area contributed by atoms with Gasteiger partial charge in [0.15, 0.2) is 11.6 Å². The van der Waals surface area contributed by atoms with E-state index in [0.717, 1.165) is 12.1 Å². The molecule has 2 aromatic rings. The van der Waals surface area contributed by atoms with Gasteiger partial charge < -0.3 is 15.4 Å². The maximum Gasteiger partial charge on any atom is 0.309 e. The molecule has 0 fully saturated rings. The maximum absolute atomic E-state index is 13.3. The van der Waals surface area contributed by atoms with Gasteiger partial charge in [0.2, 0.25) is 5.88 Å². The van der Waals surface area contributed by atoms with E-state index in [9.17, 15) is 18.4 Å². The molecule has 0 aliphatic carbocycles. The van der Waals surface area contributed by atoms with E-state index in [2.05, 4.69) is 15.6 Å². The van der Waals surface area contributed by atoms with E-state index in [4.69, 9.17) is 4.74 Å². The number of carbonyl (C=O) groups is 2. The quantitative estimate of drug-likeness (QED) is 0.812. The summed E-state index contributed by atoms with van der Waals surface area (Å²) in [7, 11) is 0. The highest BCUT2D eigenvalue weighted by molar-refractivity contribution is 6.35. The molecule has 1 aromatic heterocycles. The number of hydrogen-bond acceptors (Lipinski definition) is 4. The van der Waals surface area contributed by atoms with Crippen molar-refractivity contribution >= 4 is 11.8 Å². The Kier molecular flexibility index (Phi) is 5.99. The molecule has 0 bridgehead atoms. The summed E-state index contributed by atoms with van der Waals surface area (Å²) in [6, 6.07) is 6.17. The van der Waals surface area contributed by atoms with Crippen LogP contribution in [0, 0.1) is 11.6 Å². The van der Waals surface area contributed by atoms with Crippen molar-refractivity contribution in [1.82, 2.24) is 15.6 Å². The molecule has 1 heterocycles. The van der Waals surface area contributed by atoms with Gasteiger partial charge in [-0.1, -0.05) is 6.07 Å². The van der Waals surface area contributed by atoms with E-state index in [-0.39, 0.29) is 24.2 Å². The first-order valence-electron chi connectivity index (χ1n) is 7.52. The Balaban J connectivity index is 2.06. The second-order valence-electron chi connectivity index (χ2n) is 5.46. The molecule has 2 rings (SSSR count). The Hall–Kier alpha value is -3.03. The van der Waals surface area contributed by atoms with Crippen LogP contribution in [-0.2, 0) is 16.1 Å². The molecule has 25 heavy (non-hydrogen) atoms. The number of rotatable bonds is 5. The fraction of sp³-hybridized carbons (Fsp3) is 0.235. The van der Waals surface area contributed by atoms with Crippen molar-refractivity contribution in [2.45, 2.75) is 26.4 Å². The molecule has 2 N–H and O–H groups in total. The summed E-state index contributed by atoms with van der Waals surface area (Å²) in [5.74, 6) is -3.41. The molecule has 0 saturated carbocycles. The number of pyridine rings is 1. The lowest BCUT2D eigenvalue weighted by molar-refractivity contribution is -0.139. The third kappa shape index (κ3) is 5.23. The molecule has 0 aliphatic rings. The van der Waals surface area contributed by atoms with E-state index in [1.54, 1.807) is 26.0 Å². The van der Waals surface area contributed by atoms with Crippen LogP contribution in [0.2, 0.25) is 0 Å². The molecular formula is C17H17F2N3O3. The minimum absolute atomic E-state index is 0.0167.